The van der Waals surface area contributed by atoms with Gasteiger partial charge in [-0.15, -0.1) is 0 Å². The number of methoxy groups -OCH3 is 2. The quantitative estimate of drug-likeness (QED) is 0.238. The average Bonchev–Trinajstić information content (AvgIpc) is 2.73. The Morgan fingerprint density at radius 2 is 2.04 bits per heavy atom. The fraction of sp³-hybridized carbons (Fsp3) is 0.368. The first-order valence-corrected chi connectivity index (χ1v) is 9.89. The fourth-order valence-electron chi connectivity index (χ4n) is 2.52. The van der Waals surface area contributed by atoms with Crippen molar-refractivity contribution in [3.05, 3.63) is 40.7 Å². The van der Waals surface area contributed by atoms with Crippen LogP contribution >= 0.6 is 11.8 Å². The van der Waals surface area contributed by atoms with Crippen molar-refractivity contribution in [1.29, 1.82) is 5.26 Å². The van der Waals surface area contributed by atoms with Gasteiger partial charge in [0.2, 0.25) is 0 Å². The summed E-state index contributed by atoms with van der Waals surface area (Å²) in [6.07, 6.45) is 5.24. The SMILES string of the molecule is COc1ccc(-c2ccc(=O)n(CCCCN=C(NC#N)SC)n2)cc1OC. The first kappa shape index (κ1) is 21.3. The Bertz CT molecular complexity index is 921. The lowest BCUT2D eigenvalue weighted by Gasteiger charge is -2.10. The number of rotatable bonds is 8. The molecule has 0 atom stereocenters. The largest absolute Gasteiger partial charge is 0.493 e. The Balaban J connectivity index is 2.06. The van der Waals surface area contributed by atoms with E-state index in [9.17, 15) is 4.79 Å². The van der Waals surface area contributed by atoms with Crippen LogP contribution in [0.3, 0.4) is 0 Å². The number of ether oxygens (including phenoxy) is 2. The second kappa shape index (κ2) is 11.0. The Morgan fingerprint density at radius 3 is 2.71 bits per heavy atom. The second-order valence-electron chi connectivity index (χ2n) is 5.68. The first-order chi connectivity index (χ1) is 13.6. The van der Waals surface area contributed by atoms with Crippen molar-refractivity contribution in [2.24, 2.45) is 4.99 Å². The van der Waals surface area contributed by atoms with Crippen molar-refractivity contribution >= 4 is 16.9 Å². The summed E-state index contributed by atoms with van der Waals surface area (Å²) in [4.78, 5) is 16.4. The summed E-state index contributed by atoms with van der Waals surface area (Å²) >= 11 is 1.39. The van der Waals surface area contributed by atoms with Crippen molar-refractivity contribution in [3.63, 3.8) is 0 Å². The molecule has 0 spiro atoms. The molecule has 0 saturated heterocycles. The molecule has 1 aromatic carbocycles. The molecular weight excluding hydrogens is 378 g/mol. The van der Waals surface area contributed by atoms with E-state index in [-0.39, 0.29) is 5.56 Å². The van der Waals surface area contributed by atoms with Crippen molar-refractivity contribution in [2.75, 3.05) is 27.0 Å². The zero-order valence-electron chi connectivity index (χ0n) is 16.1. The summed E-state index contributed by atoms with van der Waals surface area (Å²) in [7, 11) is 3.16. The molecule has 0 unspecified atom stereocenters. The van der Waals surface area contributed by atoms with E-state index in [1.54, 1.807) is 20.3 Å². The van der Waals surface area contributed by atoms with E-state index < -0.39 is 0 Å². The highest BCUT2D eigenvalue weighted by molar-refractivity contribution is 8.13. The molecule has 0 aliphatic heterocycles. The van der Waals surface area contributed by atoms with Crippen LogP contribution in [0.2, 0.25) is 0 Å². The van der Waals surface area contributed by atoms with Crippen LogP contribution in [0.25, 0.3) is 11.3 Å². The maximum atomic E-state index is 12.1. The molecule has 0 aliphatic rings. The number of benzene rings is 1. The molecule has 0 bridgehead atoms. The van der Waals surface area contributed by atoms with Gasteiger partial charge in [0.1, 0.15) is 0 Å². The molecule has 28 heavy (non-hydrogen) atoms. The smallest absolute Gasteiger partial charge is 0.266 e. The summed E-state index contributed by atoms with van der Waals surface area (Å²) < 4.78 is 12.0. The third-order valence-electron chi connectivity index (χ3n) is 3.94. The molecule has 2 rings (SSSR count). The zero-order chi connectivity index (χ0) is 20.4. The van der Waals surface area contributed by atoms with Gasteiger partial charge in [-0.2, -0.15) is 10.4 Å². The minimum atomic E-state index is -0.149. The Morgan fingerprint density at radius 1 is 1.25 bits per heavy atom. The number of aryl methyl sites for hydroxylation is 1. The van der Waals surface area contributed by atoms with Crippen LogP contribution in [-0.2, 0) is 6.54 Å². The van der Waals surface area contributed by atoms with Crippen molar-refractivity contribution in [1.82, 2.24) is 15.1 Å². The van der Waals surface area contributed by atoms with E-state index in [1.165, 1.54) is 22.5 Å². The predicted molar refractivity (Wildman–Crippen MR) is 111 cm³/mol. The van der Waals surface area contributed by atoms with Gasteiger partial charge >= 0.3 is 0 Å². The first-order valence-electron chi connectivity index (χ1n) is 8.67. The van der Waals surface area contributed by atoms with Gasteiger partial charge in [-0.25, -0.2) is 4.68 Å². The molecule has 148 valence electrons. The monoisotopic (exact) mass is 401 g/mol. The van der Waals surface area contributed by atoms with Crippen LogP contribution in [0.15, 0.2) is 40.1 Å². The van der Waals surface area contributed by atoms with Gasteiger partial charge in [-0.1, -0.05) is 11.8 Å². The zero-order valence-corrected chi connectivity index (χ0v) is 17.0. The molecule has 0 aliphatic carbocycles. The van der Waals surface area contributed by atoms with Crippen LogP contribution in [0.1, 0.15) is 12.8 Å². The molecule has 1 aromatic heterocycles. The topological polar surface area (TPSA) is 102 Å². The number of hydrogen-bond donors (Lipinski definition) is 1. The summed E-state index contributed by atoms with van der Waals surface area (Å²) in [6.45, 7) is 1.07. The normalized spacial score (nSPS) is 11.0. The molecular formula is C19H23N5O3S. The number of amidine groups is 1. The molecule has 1 N–H and O–H groups in total. The molecule has 0 radical (unpaired) electrons. The van der Waals surface area contributed by atoms with Crippen LogP contribution in [0, 0.1) is 11.5 Å². The maximum absolute atomic E-state index is 12.1. The van der Waals surface area contributed by atoms with Crippen LogP contribution in [0.5, 0.6) is 11.5 Å². The molecule has 0 amide bonds. The maximum Gasteiger partial charge on any atom is 0.266 e. The number of aliphatic imine (C=N–C) groups is 1. The minimum absolute atomic E-state index is 0.149. The van der Waals surface area contributed by atoms with Gasteiger partial charge in [0, 0.05) is 24.7 Å². The summed E-state index contributed by atoms with van der Waals surface area (Å²) in [5.74, 6) is 1.24. The molecule has 0 fully saturated rings. The van der Waals surface area contributed by atoms with Crippen LogP contribution in [-0.4, -0.2) is 42.0 Å². The molecule has 2 aromatic rings. The summed E-state index contributed by atoms with van der Waals surface area (Å²) in [5, 5.41) is 16.2. The number of hydrogen-bond acceptors (Lipinski definition) is 7. The van der Waals surface area contributed by atoms with E-state index in [1.807, 2.05) is 30.6 Å². The lowest BCUT2D eigenvalue weighted by Crippen LogP contribution is -2.22. The number of nitriles is 1. The van der Waals surface area contributed by atoms with Gasteiger partial charge < -0.3 is 9.47 Å². The van der Waals surface area contributed by atoms with E-state index in [0.29, 0.717) is 35.5 Å². The molecule has 9 heteroatoms. The van der Waals surface area contributed by atoms with Gasteiger partial charge in [0.25, 0.3) is 5.56 Å². The third-order valence-corrected chi connectivity index (χ3v) is 4.55. The Labute approximate surface area is 168 Å². The molecule has 8 nitrogen and oxygen atoms in total. The van der Waals surface area contributed by atoms with E-state index in [4.69, 9.17) is 14.7 Å². The van der Waals surface area contributed by atoms with E-state index >= 15 is 0 Å². The molecule has 1 heterocycles. The highest BCUT2D eigenvalue weighted by Crippen LogP contribution is 2.31. The van der Waals surface area contributed by atoms with Gasteiger partial charge in [0.15, 0.2) is 22.9 Å². The summed E-state index contributed by atoms with van der Waals surface area (Å²) in [5.41, 5.74) is 1.37. The van der Waals surface area contributed by atoms with Gasteiger partial charge in [-0.3, -0.25) is 15.1 Å². The van der Waals surface area contributed by atoms with Crippen LogP contribution in [0.4, 0.5) is 0 Å². The Hall–Kier alpha value is -2.99. The highest BCUT2D eigenvalue weighted by atomic mass is 32.2. The van der Waals surface area contributed by atoms with Crippen LogP contribution < -0.4 is 20.3 Å². The van der Waals surface area contributed by atoms with Crippen molar-refractivity contribution < 1.29 is 9.47 Å². The molecule has 0 saturated carbocycles. The Kier molecular flexibility index (Phi) is 8.37. The van der Waals surface area contributed by atoms with Crippen molar-refractivity contribution in [2.45, 2.75) is 19.4 Å². The van der Waals surface area contributed by atoms with Gasteiger partial charge in [-0.05, 0) is 43.4 Å². The number of unbranched alkanes of at least 4 members (excludes halogenated alkanes) is 1. The lowest BCUT2D eigenvalue weighted by atomic mass is 10.1. The highest BCUT2D eigenvalue weighted by Gasteiger charge is 2.09. The van der Waals surface area contributed by atoms with Gasteiger partial charge in [0.05, 0.1) is 19.9 Å². The minimum Gasteiger partial charge on any atom is -0.493 e. The predicted octanol–water partition coefficient (Wildman–Crippen LogP) is 2.50. The standard InChI is InChI=1S/C19H23N5O3S/c1-26-16-8-6-14(12-17(16)27-2)15-7-9-18(25)24(23-15)11-5-4-10-21-19(28-3)22-13-20/h6-9,12H,4-5,10-11H2,1-3H3,(H,21,22). The fourth-order valence-corrected chi connectivity index (χ4v) is 2.88. The number of nitrogens with zero attached hydrogens (tertiary/aromatic N) is 4. The number of aromatic nitrogens is 2. The van der Waals surface area contributed by atoms with Crippen molar-refractivity contribution in [3.8, 4) is 28.9 Å². The average molecular weight is 401 g/mol. The number of nitrogens with one attached hydrogen (secondary N) is 1. The second-order valence-corrected chi connectivity index (χ2v) is 6.48. The van der Waals surface area contributed by atoms with E-state index in [0.717, 1.165) is 18.4 Å². The summed E-state index contributed by atoms with van der Waals surface area (Å²) in [6, 6.07) is 8.72. The lowest BCUT2D eigenvalue weighted by molar-refractivity contribution is 0.355. The van der Waals surface area contributed by atoms with E-state index in [2.05, 4.69) is 15.4 Å². The third kappa shape index (κ3) is 5.76. The number of thioether (sulfide) groups is 1.